The van der Waals surface area contributed by atoms with Crippen LogP contribution in [0.3, 0.4) is 0 Å². The third-order valence-electron chi connectivity index (χ3n) is 4.81. The zero-order valence-electron chi connectivity index (χ0n) is 14.0. The third kappa shape index (κ3) is 2.44. The zero-order chi connectivity index (χ0) is 18.5. The van der Waals surface area contributed by atoms with Gasteiger partial charge < -0.3 is 0 Å². The predicted octanol–water partition coefficient (Wildman–Crippen LogP) is 3.68. The van der Waals surface area contributed by atoms with Crippen LogP contribution in [-0.4, -0.2) is 17.9 Å². The van der Waals surface area contributed by atoms with Gasteiger partial charge in [-0.05, 0) is 35.0 Å². The Labute approximate surface area is 159 Å². The minimum atomic E-state index is -0.949. The number of benzene rings is 3. The first-order valence-electron chi connectivity index (χ1n) is 8.42. The van der Waals surface area contributed by atoms with Crippen LogP contribution in [0, 0.1) is 0 Å². The fraction of sp³-hybridized carbons (Fsp3) is 0.0476. The number of hydroxylamine groups is 1. The molecular weight excluding hydrogens is 364 g/mol. The van der Waals surface area contributed by atoms with Crippen LogP contribution >= 0.6 is 11.6 Å². The molecule has 5 nitrogen and oxygen atoms in total. The zero-order valence-corrected chi connectivity index (χ0v) is 14.7. The Balaban J connectivity index is 1.60. The highest BCUT2D eigenvalue weighted by Gasteiger charge is 2.50. The van der Waals surface area contributed by atoms with Gasteiger partial charge in [-0.1, -0.05) is 54.1 Å². The van der Waals surface area contributed by atoms with Gasteiger partial charge in [-0.2, -0.15) is 0 Å². The number of nitrogens with one attached hydrogen (secondary N) is 1. The van der Waals surface area contributed by atoms with Crippen LogP contribution in [-0.2, 0) is 14.4 Å². The molecule has 0 aromatic heterocycles. The van der Waals surface area contributed by atoms with Crippen molar-refractivity contribution in [1.82, 2.24) is 5.48 Å². The number of carbonyl (C=O) groups excluding carboxylic acids is 2. The van der Waals surface area contributed by atoms with E-state index in [1.165, 1.54) is 4.90 Å². The molecule has 2 amide bonds. The van der Waals surface area contributed by atoms with Crippen LogP contribution < -0.4 is 10.4 Å². The van der Waals surface area contributed by atoms with E-state index in [-0.39, 0.29) is 5.91 Å². The topological polar surface area (TPSA) is 58.6 Å². The molecule has 2 aliphatic heterocycles. The average Bonchev–Trinajstić information content (AvgIpc) is 3.23. The number of anilines is 1. The smallest absolute Gasteiger partial charge is 0.270 e. The number of hydrogen-bond acceptors (Lipinski definition) is 4. The Morgan fingerprint density at radius 2 is 1.67 bits per heavy atom. The predicted molar refractivity (Wildman–Crippen MR) is 103 cm³/mol. The maximum absolute atomic E-state index is 13.1. The molecule has 1 fully saturated rings. The van der Waals surface area contributed by atoms with Gasteiger partial charge in [-0.25, -0.2) is 4.90 Å². The van der Waals surface area contributed by atoms with Gasteiger partial charge in [0.05, 0.1) is 17.0 Å². The molecule has 1 N–H and O–H groups in total. The summed E-state index contributed by atoms with van der Waals surface area (Å²) in [5.41, 5.74) is 4.81. The SMILES string of the molecule is O=C1C2=C(c3ccc(Cl)cc3)NO[C@H]2C(=O)N1c1ccc2ccccc2c1. The molecule has 0 aliphatic carbocycles. The van der Waals surface area contributed by atoms with E-state index in [1.54, 1.807) is 30.3 Å². The van der Waals surface area contributed by atoms with Crippen LogP contribution in [0.15, 0.2) is 72.3 Å². The van der Waals surface area contributed by atoms with E-state index < -0.39 is 12.0 Å². The second-order valence-electron chi connectivity index (χ2n) is 6.41. The molecule has 0 radical (unpaired) electrons. The largest absolute Gasteiger partial charge is 0.270 e. The maximum atomic E-state index is 13.1. The molecule has 0 unspecified atom stereocenters. The summed E-state index contributed by atoms with van der Waals surface area (Å²) in [5, 5.41) is 2.59. The van der Waals surface area contributed by atoms with E-state index in [1.807, 2.05) is 36.4 Å². The summed E-state index contributed by atoms with van der Waals surface area (Å²) >= 11 is 5.94. The summed E-state index contributed by atoms with van der Waals surface area (Å²) in [7, 11) is 0. The number of rotatable bonds is 2. The van der Waals surface area contributed by atoms with E-state index in [2.05, 4.69) is 5.48 Å². The summed E-state index contributed by atoms with van der Waals surface area (Å²) in [6.07, 6.45) is -0.949. The number of nitrogens with zero attached hydrogens (tertiary/aromatic N) is 1. The molecule has 3 aromatic rings. The lowest BCUT2D eigenvalue weighted by Gasteiger charge is -2.16. The molecule has 132 valence electrons. The third-order valence-corrected chi connectivity index (χ3v) is 5.06. The van der Waals surface area contributed by atoms with Crippen molar-refractivity contribution in [2.75, 3.05) is 4.90 Å². The van der Waals surface area contributed by atoms with Crippen LogP contribution in [0.2, 0.25) is 5.02 Å². The number of fused-ring (bicyclic) bond motifs is 2. The van der Waals surface area contributed by atoms with E-state index in [4.69, 9.17) is 16.4 Å². The van der Waals surface area contributed by atoms with Crippen molar-refractivity contribution in [3.63, 3.8) is 0 Å². The number of hydrogen-bond donors (Lipinski definition) is 1. The van der Waals surface area contributed by atoms with Crippen molar-refractivity contribution in [3.05, 3.63) is 82.9 Å². The maximum Gasteiger partial charge on any atom is 0.270 e. The minimum absolute atomic E-state index is 0.315. The van der Waals surface area contributed by atoms with Crippen molar-refractivity contribution >= 4 is 45.6 Å². The Hall–Kier alpha value is -3.15. The highest BCUT2D eigenvalue weighted by Crippen LogP contribution is 2.36. The second kappa shape index (κ2) is 5.94. The number of carbonyl (C=O) groups is 2. The molecule has 27 heavy (non-hydrogen) atoms. The quantitative estimate of drug-likeness (QED) is 0.693. The number of imide groups is 1. The highest BCUT2D eigenvalue weighted by atomic mass is 35.5. The van der Waals surface area contributed by atoms with Gasteiger partial charge in [0.15, 0.2) is 6.10 Å². The van der Waals surface area contributed by atoms with E-state index in [9.17, 15) is 9.59 Å². The molecule has 1 atom stereocenters. The van der Waals surface area contributed by atoms with Gasteiger partial charge in [-0.15, -0.1) is 0 Å². The minimum Gasteiger partial charge on any atom is -0.270 e. The molecule has 2 heterocycles. The van der Waals surface area contributed by atoms with Gasteiger partial charge >= 0.3 is 0 Å². The van der Waals surface area contributed by atoms with E-state index in [0.29, 0.717) is 22.0 Å². The summed E-state index contributed by atoms with van der Waals surface area (Å²) in [5.74, 6) is -0.781. The molecule has 0 saturated carbocycles. The summed E-state index contributed by atoms with van der Waals surface area (Å²) in [6, 6.07) is 20.3. The lowest BCUT2D eigenvalue weighted by Crippen LogP contribution is -2.34. The Morgan fingerprint density at radius 3 is 2.44 bits per heavy atom. The van der Waals surface area contributed by atoms with Gasteiger partial charge in [0.25, 0.3) is 11.8 Å². The second-order valence-corrected chi connectivity index (χ2v) is 6.84. The van der Waals surface area contributed by atoms with E-state index in [0.717, 1.165) is 16.3 Å². The van der Waals surface area contributed by atoms with Gasteiger partial charge in [0.1, 0.15) is 0 Å². The van der Waals surface area contributed by atoms with Crippen molar-refractivity contribution in [3.8, 4) is 0 Å². The Kier molecular flexibility index (Phi) is 3.53. The fourth-order valence-corrected chi connectivity index (χ4v) is 3.61. The Morgan fingerprint density at radius 1 is 0.926 bits per heavy atom. The molecule has 0 bridgehead atoms. The average molecular weight is 377 g/mol. The summed E-state index contributed by atoms with van der Waals surface area (Å²) in [6.45, 7) is 0. The summed E-state index contributed by atoms with van der Waals surface area (Å²) < 4.78 is 0. The molecule has 3 aromatic carbocycles. The highest BCUT2D eigenvalue weighted by molar-refractivity contribution is 6.33. The molecule has 6 heteroatoms. The number of halogens is 1. The number of amides is 2. The standard InChI is InChI=1S/C21H13ClN2O3/c22-15-8-5-13(6-9-15)18-17-19(27-23-18)21(26)24(20(17)25)16-10-7-12-3-1-2-4-14(12)11-16/h1-11,19,23H/t19-/m1/s1. The molecule has 2 aliphatic rings. The van der Waals surface area contributed by atoms with Crippen LogP contribution in [0.4, 0.5) is 5.69 Å². The molecule has 0 spiro atoms. The van der Waals surface area contributed by atoms with Crippen LogP contribution in [0.25, 0.3) is 16.5 Å². The van der Waals surface area contributed by atoms with Crippen molar-refractivity contribution in [1.29, 1.82) is 0 Å². The first-order chi connectivity index (χ1) is 13.1. The van der Waals surface area contributed by atoms with E-state index >= 15 is 0 Å². The first kappa shape index (κ1) is 16.1. The fourth-order valence-electron chi connectivity index (χ4n) is 3.48. The van der Waals surface area contributed by atoms with Gasteiger partial charge in [-0.3, -0.25) is 19.9 Å². The Bertz CT molecular complexity index is 1140. The van der Waals surface area contributed by atoms with Crippen LogP contribution in [0.1, 0.15) is 5.56 Å². The summed E-state index contributed by atoms with van der Waals surface area (Å²) in [4.78, 5) is 32.5. The lowest BCUT2D eigenvalue weighted by atomic mass is 10.1. The molecular formula is C21H13ClN2O3. The molecule has 1 saturated heterocycles. The lowest BCUT2D eigenvalue weighted by molar-refractivity contribution is -0.127. The van der Waals surface area contributed by atoms with Gasteiger partial charge in [0, 0.05) is 10.6 Å². The first-order valence-corrected chi connectivity index (χ1v) is 8.80. The van der Waals surface area contributed by atoms with Crippen molar-refractivity contribution < 1.29 is 14.4 Å². The van der Waals surface area contributed by atoms with Gasteiger partial charge in [0.2, 0.25) is 0 Å². The monoisotopic (exact) mass is 376 g/mol. The van der Waals surface area contributed by atoms with Crippen molar-refractivity contribution in [2.45, 2.75) is 6.10 Å². The molecule has 5 rings (SSSR count). The normalized spacial score (nSPS) is 19.0. The van der Waals surface area contributed by atoms with Crippen LogP contribution in [0.5, 0.6) is 0 Å². The van der Waals surface area contributed by atoms with Crippen molar-refractivity contribution in [2.24, 2.45) is 0 Å².